The van der Waals surface area contributed by atoms with Gasteiger partial charge in [0.15, 0.2) is 17.0 Å². The first-order valence-corrected chi connectivity index (χ1v) is 12.3. The quantitative estimate of drug-likeness (QED) is 0.540. The maximum atomic E-state index is 6.28. The first-order chi connectivity index (χ1) is 16.6. The van der Waals surface area contributed by atoms with Gasteiger partial charge in [-0.3, -0.25) is 9.89 Å². The lowest BCUT2D eigenvalue weighted by Gasteiger charge is -2.17. The lowest BCUT2D eigenvalue weighted by atomic mass is 9.96. The monoisotopic (exact) mass is 459 g/mol. The zero-order chi connectivity index (χ0) is 23.5. The Kier molecular flexibility index (Phi) is 6.58. The van der Waals surface area contributed by atoms with Gasteiger partial charge in [0.2, 0.25) is 0 Å². The zero-order valence-electron chi connectivity index (χ0n) is 20.1. The summed E-state index contributed by atoms with van der Waals surface area (Å²) in [6.07, 6.45) is 8.48. The van der Waals surface area contributed by atoms with E-state index in [0.717, 1.165) is 30.8 Å². The molecule has 8 nitrogen and oxygen atoms in total. The van der Waals surface area contributed by atoms with E-state index >= 15 is 0 Å². The topological polar surface area (TPSA) is 94.4 Å². The Balaban J connectivity index is 1.51. The summed E-state index contributed by atoms with van der Waals surface area (Å²) in [5.41, 5.74) is 11.2. The van der Waals surface area contributed by atoms with Gasteiger partial charge in [0.25, 0.3) is 0 Å². The number of likely N-dealkylation sites (tertiary alicyclic amines) is 1. The van der Waals surface area contributed by atoms with Gasteiger partial charge in [-0.15, -0.1) is 0 Å². The average molecular weight is 460 g/mol. The van der Waals surface area contributed by atoms with Crippen LogP contribution in [0.5, 0.6) is 6.01 Å². The van der Waals surface area contributed by atoms with Crippen LogP contribution in [0.1, 0.15) is 56.5 Å². The van der Waals surface area contributed by atoms with Crippen molar-refractivity contribution < 1.29 is 4.74 Å². The van der Waals surface area contributed by atoms with E-state index in [1.807, 2.05) is 19.3 Å². The molecule has 34 heavy (non-hydrogen) atoms. The van der Waals surface area contributed by atoms with Crippen molar-refractivity contribution in [1.29, 1.82) is 0 Å². The number of ether oxygens (including phenoxy) is 1. The standard InChI is InChI=1S/C26H33N7O/c1-3-18-13-21(15-28-14-18)24-29-22-23(27)30-26(34-4-2)31-25(22)33(24)17-20-9-7-19(8-10-20)16-32-11-5-6-12-32/h7-10,14-15,18H,3-6,11-13,16-17H2,1-2H3,(H2,27,30,31). The number of nitrogen functional groups attached to an aromatic ring is 1. The van der Waals surface area contributed by atoms with Gasteiger partial charge in [0.1, 0.15) is 5.82 Å². The molecule has 5 rings (SSSR count). The normalized spacial score (nSPS) is 18.5. The molecule has 3 aromatic rings. The van der Waals surface area contributed by atoms with E-state index in [2.05, 4.69) is 55.6 Å². The Labute approximate surface area is 200 Å². The van der Waals surface area contributed by atoms with Gasteiger partial charge in [0.05, 0.1) is 13.2 Å². The summed E-state index contributed by atoms with van der Waals surface area (Å²) in [5.74, 6) is 1.59. The number of hydrogen-bond acceptors (Lipinski definition) is 7. The number of aliphatic imine (C=N–C) groups is 1. The van der Waals surface area contributed by atoms with Crippen LogP contribution in [-0.2, 0) is 13.1 Å². The Morgan fingerprint density at radius 2 is 1.74 bits per heavy atom. The van der Waals surface area contributed by atoms with Crippen LogP contribution in [0.2, 0.25) is 0 Å². The summed E-state index contributed by atoms with van der Waals surface area (Å²) in [6, 6.07) is 9.16. The van der Waals surface area contributed by atoms with E-state index < -0.39 is 0 Å². The summed E-state index contributed by atoms with van der Waals surface area (Å²) in [6.45, 7) is 8.62. The number of imidazole rings is 1. The van der Waals surface area contributed by atoms with Crippen molar-refractivity contribution in [3.8, 4) is 6.01 Å². The van der Waals surface area contributed by atoms with Crippen LogP contribution in [0.15, 0.2) is 35.5 Å². The number of benzene rings is 1. The number of rotatable bonds is 8. The molecule has 1 atom stereocenters. The van der Waals surface area contributed by atoms with Crippen LogP contribution >= 0.6 is 0 Å². The molecular weight excluding hydrogens is 426 g/mol. The van der Waals surface area contributed by atoms with Crippen LogP contribution in [0.25, 0.3) is 16.7 Å². The maximum Gasteiger partial charge on any atom is 0.320 e. The molecule has 1 aromatic carbocycles. The molecule has 1 saturated heterocycles. The summed E-state index contributed by atoms with van der Waals surface area (Å²) in [7, 11) is 0. The van der Waals surface area contributed by atoms with Crippen LogP contribution in [0.4, 0.5) is 5.82 Å². The number of allylic oxidation sites excluding steroid dienone is 1. The van der Waals surface area contributed by atoms with Gasteiger partial charge >= 0.3 is 6.01 Å². The van der Waals surface area contributed by atoms with Crippen LogP contribution in [0, 0.1) is 5.92 Å². The largest absolute Gasteiger partial charge is 0.464 e. The van der Waals surface area contributed by atoms with Gasteiger partial charge in [0, 0.05) is 24.5 Å². The smallest absolute Gasteiger partial charge is 0.320 e. The van der Waals surface area contributed by atoms with Crippen LogP contribution in [0.3, 0.4) is 0 Å². The van der Waals surface area contributed by atoms with E-state index in [1.165, 1.54) is 37.1 Å². The van der Waals surface area contributed by atoms with E-state index in [-0.39, 0.29) is 6.01 Å². The summed E-state index contributed by atoms with van der Waals surface area (Å²) in [4.78, 5) is 20.9. The third kappa shape index (κ3) is 4.68. The second-order valence-corrected chi connectivity index (χ2v) is 9.14. The van der Waals surface area contributed by atoms with Crippen LogP contribution < -0.4 is 10.5 Å². The molecule has 1 unspecified atom stereocenters. The Hall–Kier alpha value is -3.26. The molecule has 0 spiro atoms. The minimum absolute atomic E-state index is 0.281. The molecule has 2 aliphatic rings. The Bertz CT molecular complexity index is 1210. The second-order valence-electron chi connectivity index (χ2n) is 9.14. The summed E-state index contributed by atoms with van der Waals surface area (Å²) < 4.78 is 7.71. The fourth-order valence-electron chi connectivity index (χ4n) is 4.76. The lowest BCUT2D eigenvalue weighted by molar-refractivity contribution is 0.314. The van der Waals surface area contributed by atoms with Crippen LogP contribution in [-0.4, -0.2) is 50.3 Å². The highest BCUT2D eigenvalue weighted by molar-refractivity contribution is 5.86. The summed E-state index contributed by atoms with van der Waals surface area (Å²) in [5, 5.41) is 0. The van der Waals surface area contributed by atoms with Gasteiger partial charge in [-0.2, -0.15) is 9.97 Å². The van der Waals surface area contributed by atoms with Crippen molar-refractivity contribution >= 4 is 28.8 Å². The highest BCUT2D eigenvalue weighted by atomic mass is 16.5. The number of hydrogen-bond donors (Lipinski definition) is 1. The van der Waals surface area contributed by atoms with E-state index in [1.54, 1.807) is 0 Å². The van der Waals surface area contributed by atoms with Crippen molar-refractivity contribution in [2.24, 2.45) is 10.9 Å². The molecule has 0 amide bonds. The van der Waals surface area contributed by atoms with Gasteiger partial charge in [-0.25, -0.2) is 4.98 Å². The number of nitrogens with zero attached hydrogens (tertiary/aromatic N) is 6. The highest BCUT2D eigenvalue weighted by Crippen LogP contribution is 2.31. The Morgan fingerprint density at radius 1 is 1.00 bits per heavy atom. The average Bonchev–Trinajstić information content (AvgIpc) is 3.49. The molecule has 2 aromatic heterocycles. The fourth-order valence-corrected chi connectivity index (χ4v) is 4.76. The predicted octanol–water partition coefficient (Wildman–Crippen LogP) is 4.29. The van der Waals surface area contributed by atoms with Crippen molar-refractivity contribution in [2.75, 3.05) is 25.4 Å². The molecule has 0 radical (unpaired) electrons. The van der Waals surface area contributed by atoms with E-state index in [4.69, 9.17) is 15.5 Å². The van der Waals surface area contributed by atoms with E-state index in [9.17, 15) is 0 Å². The maximum absolute atomic E-state index is 6.28. The molecule has 0 bridgehead atoms. The molecule has 2 aliphatic heterocycles. The molecular formula is C26H33N7O. The van der Waals surface area contributed by atoms with Gasteiger partial charge < -0.3 is 15.0 Å². The predicted molar refractivity (Wildman–Crippen MR) is 136 cm³/mol. The number of fused-ring (bicyclic) bond motifs is 1. The first-order valence-electron chi connectivity index (χ1n) is 12.3. The Morgan fingerprint density at radius 3 is 2.44 bits per heavy atom. The minimum atomic E-state index is 0.281. The fraction of sp³-hybridized carbons (Fsp3) is 0.462. The zero-order valence-corrected chi connectivity index (χ0v) is 20.1. The lowest BCUT2D eigenvalue weighted by Crippen LogP contribution is -2.18. The first kappa shape index (κ1) is 22.5. The minimum Gasteiger partial charge on any atom is -0.464 e. The number of nitrogens with two attached hydrogens (primary N) is 1. The molecule has 0 aliphatic carbocycles. The van der Waals surface area contributed by atoms with E-state index in [0.29, 0.717) is 36.1 Å². The summed E-state index contributed by atoms with van der Waals surface area (Å²) >= 11 is 0. The molecule has 8 heteroatoms. The van der Waals surface area contributed by atoms with Gasteiger partial charge in [-0.1, -0.05) is 31.2 Å². The molecule has 2 N–H and O–H groups in total. The molecule has 0 saturated carbocycles. The van der Waals surface area contributed by atoms with Crippen molar-refractivity contribution in [3.63, 3.8) is 0 Å². The molecule has 1 fully saturated rings. The third-order valence-electron chi connectivity index (χ3n) is 6.66. The van der Waals surface area contributed by atoms with Crippen molar-refractivity contribution in [2.45, 2.75) is 52.6 Å². The van der Waals surface area contributed by atoms with Crippen molar-refractivity contribution in [1.82, 2.24) is 24.4 Å². The van der Waals surface area contributed by atoms with Crippen molar-refractivity contribution in [3.05, 3.63) is 47.4 Å². The highest BCUT2D eigenvalue weighted by Gasteiger charge is 2.23. The number of anilines is 1. The number of aromatic nitrogens is 4. The SMILES string of the molecule is CCOc1nc(N)c2nc(C3=CN=CC(CC)C3)n(Cc3ccc(CN4CCCC4)cc3)c2n1. The second kappa shape index (κ2) is 9.93. The van der Waals surface area contributed by atoms with Gasteiger partial charge in [-0.05, 0) is 62.7 Å². The molecule has 178 valence electrons. The molecule has 4 heterocycles. The third-order valence-corrected chi connectivity index (χ3v) is 6.66.